The number of hydrazone groups is 1. The Morgan fingerprint density at radius 2 is 1.86 bits per heavy atom. The standard InChI is InChI=1S/C17H24Cl2N4O2.C3H9N/c1-3-23(20-7-6-18)13-17(24)22-10-8-21(9-11-22)14-4-5-15(19)16(12-14)25-2;1-4(2)3/h4-5,7,12H,3,6,8-11,13H2,1-2H3;1-3H3/b20-7-;. The Balaban J connectivity index is 0.000000960. The van der Waals surface area contributed by atoms with E-state index in [-0.39, 0.29) is 12.5 Å². The molecule has 1 heterocycles. The van der Waals surface area contributed by atoms with Crippen molar-refractivity contribution in [3.05, 3.63) is 23.2 Å². The van der Waals surface area contributed by atoms with E-state index >= 15 is 0 Å². The number of carbonyl (C=O) groups is 1. The highest BCUT2D eigenvalue weighted by Gasteiger charge is 2.22. The Morgan fingerprint density at radius 1 is 1.24 bits per heavy atom. The van der Waals surface area contributed by atoms with Gasteiger partial charge < -0.3 is 19.4 Å². The summed E-state index contributed by atoms with van der Waals surface area (Å²) in [7, 11) is 7.60. The number of ether oxygens (including phenoxy) is 1. The van der Waals surface area contributed by atoms with Crippen LogP contribution in [0.1, 0.15) is 6.92 Å². The van der Waals surface area contributed by atoms with Crippen molar-refractivity contribution in [2.45, 2.75) is 6.92 Å². The lowest BCUT2D eigenvalue weighted by molar-refractivity contribution is -0.132. The molecular weight excluding hydrogens is 413 g/mol. The second-order valence-corrected chi connectivity index (χ2v) is 7.68. The van der Waals surface area contributed by atoms with Crippen molar-refractivity contribution in [1.29, 1.82) is 0 Å². The number of carbonyl (C=O) groups excluding carboxylic acids is 1. The minimum absolute atomic E-state index is 0.0851. The highest BCUT2D eigenvalue weighted by Crippen LogP contribution is 2.29. The van der Waals surface area contributed by atoms with Gasteiger partial charge in [-0.1, -0.05) is 11.6 Å². The third-order valence-corrected chi connectivity index (χ3v) is 4.58. The Hall–Kier alpha value is -1.70. The molecule has 0 aromatic heterocycles. The van der Waals surface area contributed by atoms with Gasteiger partial charge in [0.05, 0.1) is 18.0 Å². The number of alkyl halides is 1. The smallest absolute Gasteiger partial charge is 0.243 e. The van der Waals surface area contributed by atoms with E-state index < -0.39 is 0 Å². The van der Waals surface area contributed by atoms with E-state index in [0.29, 0.717) is 36.3 Å². The number of rotatable bonds is 7. The van der Waals surface area contributed by atoms with E-state index in [9.17, 15) is 4.79 Å². The van der Waals surface area contributed by atoms with Gasteiger partial charge in [-0.05, 0) is 40.2 Å². The lowest BCUT2D eigenvalue weighted by atomic mass is 10.2. The molecule has 0 bridgehead atoms. The summed E-state index contributed by atoms with van der Waals surface area (Å²) in [6, 6.07) is 5.74. The van der Waals surface area contributed by atoms with E-state index in [0.717, 1.165) is 18.8 Å². The maximum Gasteiger partial charge on any atom is 0.243 e. The summed E-state index contributed by atoms with van der Waals surface area (Å²) in [5, 5.41) is 6.50. The number of anilines is 1. The van der Waals surface area contributed by atoms with Crippen LogP contribution in [0.15, 0.2) is 23.3 Å². The van der Waals surface area contributed by atoms with E-state index in [4.69, 9.17) is 27.9 Å². The Kier molecular flexibility index (Phi) is 11.8. The topological polar surface area (TPSA) is 51.6 Å². The zero-order valence-electron chi connectivity index (χ0n) is 18.1. The largest absolute Gasteiger partial charge is 0.495 e. The minimum atomic E-state index is 0.0851. The van der Waals surface area contributed by atoms with E-state index in [2.05, 4.69) is 10.0 Å². The number of hydrogen-bond donors (Lipinski definition) is 0. The summed E-state index contributed by atoms with van der Waals surface area (Å²) >= 11 is 11.7. The fourth-order valence-corrected chi connectivity index (χ4v) is 2.95. The van der Waals surface area contributed by atoms with Gasteiger partial charge in [0.15, 0.2) is 0 Å². The summed E-state index contributed by atoms with van der Waals surface area (Å²) in [5.74, 6) is 1.09. The Bertz CT molecular complexity index is 647. The second-order valence-electron chi connectivity index (χ2n) is 6.96. The molecule has 7 nitrogen and oxygen atoms in total. The number of piperazine rings is 1. The van der Waals surface area contributed by atoms with Crippen molar-refractivity contribution < 1.29 is 9.53 Å². The van der Waals surface area contributed by atoms with Crippen molar-refractivity contribution in [2.24, 2.45) is 5.10 Å². The van der Waals surface area contributed by atoms with Gasteiger partial charge in [0.25, 0.3) is 0 Å². The Morgan fingerprint density at radius 3 is 2.38 bits per heavy atom. The van der Waals surface area contributed by atoms with Gasteiger partial charge in [0, 0.05) is 50.7 Å². The molecule has 0 radical (unpaired) electrons. The SMILES string of the molecule is CCN(CC(=O)N1CCN(c2ccc(Cl)c(OC)c2)CC1)/N=C\CCl.CN(C)C. The molecule has 1 aromatic carbocycles. The lowest BCUT2D eigenvalue weighted by Gasteiger charge is -2.36. The summed E-state index contributed by atoms with van der Waals surface area (Å²) in [5.41, 5.74) is 1.05. The van der Waals surface area contributed by atoms with Crippen LogP contribution < -0.4 is 9.64 Å². The average Bonchev–Trinajstić information content (AvgIpc) is 2.71. The van der Waals surface area contributed by atoms with Gasteiger partial charge in [-0.15, -0.1) is 11.6 Å². The molecule has 9 heteroatoms. The number of methoxy groups -OCH3 is 1. The number of likely N-dealkylation sites (N-methyl/N-ethyl adjacent to an activating group) is 1. The summed E-state index contributed by atoms with van der Waals surface area (Å²) in [4.78, 5) is 18.5. The van der Waals surface area contributed by atoms with Gasteiger partial charge in [0.2, 0.25) is 5.91 Å². The second kappa shape index (κ2) is 13.5. The highest BCUT2D eigenvalue weighted by atomic mass is 35.5. The molecule has 1 aliphatic heterocycles. The van der Waals surface area contributed by atoms with Crippen LogP contribution in [0.3, 0.4) is 0 Å². The number of halogens is 2. The van der Waals surface area contributed by atoms with Crippen LogP contribution >= 0.6 is 23.2 Å². The normalized spacial score (nSPS) is 14.1. The summed E-state index contributed by atoms with van der Waals surface area (Å²) < 4.78 is 5.27. The molecule has 1 aliphatic rings. The molecule has 2 rings (SSSR count). The predicted octanol–water partition coefficient (Wildman–Crippen LogP) is 2.72. The maximum atomic E-state index is 12.4. The number of nitrogens with zero attached hydrogens (tertiary/aromatic N) is 5. The van der Waals surface area contributed by atoms with Crippen LogP contribution in [0.25, 0.3) is 0 Å². The number of hydrogen-bond acceptors (Lipinski definition) is 6. The van der Waals surface area contributed by atoms with Crippen molar-refractivity contribution in [1.82, 2.24) is 14.8 Å². The third kappa shape index (κ3) is 9.10. The highest BCUT2D eigenvalue weighted by molar-refractivity contribution is 6.32. The van der Waals surface area contributed by atoms with Crippen LogP contribution in [0, 0.1) is 0 Å². The molecule has 0 N–H and O–H groups in total. The zero-order chi connectivity index (χ0) is 21.8. The van der Waals surface area contributed by atoms with Gasteiger partial charge in [-0.2, -0.15) is 5.10 Å². The number of amides is 1. The summed E-state index contributed by atoms with van der Waals surface area (Å²) in [6.45, 7) is 5.81. The molecule has 0 aliphatic carbocycles. The fraction of sp³-hybridized carbons (Fsp3) is 0.600. The van der Waals surface area contributed by atoms with Crippen molar-refractivity contribution in [3.63, 3.8) is 0 Å². The molecule has 0 unspecified atom stereocenters. The monoisotopic (exact) mass is 445 g/mol. The third-order valence-electron chi connectivity index (χ3n) is 4.13. The summed E-state index contributed by atoms with van der Waals surface area (Å²) in [6.07, 6.45) is 1.60. The molecule has 1 fully saturated rings. The van der Waals surface area contributed by atoms with Crippen LogP contribution in [0.4, 0.5) is 5.69 Å². The Labute approximate surface area is 184 Å². The first-order valence-electron chi connectivity index (χ1n) is 9.62. The minimum Gasteiger partial charge on any atom is -0.495 e. The van der Waals surface area contributed by atoms with E-state index in [1.165, 1.54) is 0 Å². The zero-order valence-corrected chi connectivity index (χ0v) is 19.6. The lowest BCUT2D eigenvalue weighted by Crippen LogP contribution is -2.51. The van der Waals surface area contributed by atoms with Crippen molar-refractivity contribution in [2.75, 3.05) is 78.3 Å². The van der Waals surface area contributed by atoms with Crippen molar-refractivity contribution >= 4 is 41.0 Å². The van der Waals surface area contributed by atoms with Gasteiger partial charge in [0.1, 0.15) is 12.3 Å². The molecule has 29 heavy (non-hydrogen) atoms. The molecule has 1 amide bonds. The fourth-order valence-electron chi connectivity index (χ4n) is 2.70. The predicted molar refractivity (Wildman–Crippen MR) is 123 cm³/mol. The van der Waals surface area contributed by atoms with Crippen LogP contribution in [-0.2, 0) is 4.79 Å². The van der Waals surface area contributed by atoms with Crippen LogP contribution in [0.2, 0.25) is 5.02 Å². The van der Waals surface area contributed by atoms with Crippen LogP contribution in [0.5, 0.6) is 5.75 Å². The van der Waals surface area contributed by atoms with Crippen LogP contribution in [-0.4, -0.2) is 100 Å². The van der Waals surface area contributed by atoms with Gasteiger partial charge >= 0.3 is 0 Å². The van der Waals surface area contributed by atoms with Crippen molar-refractivity contribution in [3.8, 4) is 5.75 Å². The van der Waals surface area contributed by atoms with Gasteiger partial charge in [-0.3, -0.25) is 9.80 Å². The quantitative estimate of drug-likeness (QED) is 0.366. The first-order valence-corrected chi connectivity index (χ1v) is 10.5. The molecule has 0 saturated carbocycles. The van der Waals surface area contributed by atoms with Gasteiger partial charge in [-0.25, -0.2) is 0 Å². The number of benzene rings is 1. The first-order chi connectivity index (χ1) is 13.8. The van der Waals surface area contributed by atoms with E-state index in [1.807, 2.05) is 56.1 Å². The molecule has 0 spiro atoms. The van der Waals surface area contributed by atoms with E-state index in [1.54, 1.807) is 18.3 Å². The molecule has 164 valence electrons. The molecular formula is C20H33Cl2N5O2. The average molecular weight is 446 g/mol. The maximum absolute atomic E-state index is 12.4. The molecule has 1 aromatic rings. The molecule has 0 atom stereocenters. The molecule has 1 saturated heterocycles. The first kappa shape index (κ1) is 25.3.